The number of carbonyl (C=O) groups excluding carboxylic acids is 1. The summed E-state index contributed by atoms with van der Waals surface area (Å²) >= 11 is 1.42. The van der Waals surface area contributed by atoms with Crippen molar-refractivity contribution in [1.29, 1.82) is 0 Å². The third-order valence-electron chi connectivity index (χ3n) is 7.66. The van der Waals surface area contributed by atoms with Crippen LogP contribution in [0.3, 0.4) is 0 Å². The van der Waals surface area contributed by atoms with Crippen LogP contribution in [0.4, 0.5) is 4.39 Å². The molecule has 0 saturated heterocycles. The highest BCUT2D eigenvalue weighted by atomic mass is 32.2. The van der Waals surface area contributed by atoms with E-state index in [0.717, 1.165) is 34.4 Å². The van der Waals surface area contributed by atoms with E-state index in [-0.39, 0.29) is 22.8 Å². The molecule has 0 amide bonds. The predicted octanol–water partition coefficient (Wildman–Crippen LogP) is 5.85. The molecule has 4 nitrogen and oxygen atoms in total. The third-order valence-corrected chi connectivity index (χ3v) is 8.59. The summed E-state index contributed by atoms with van der Waals surface area (Å²) in [5.41, 5.74) is 1.68. The number of hydrogen-bond acceptors (Lipinski definition) is 4. The first-order valence-electron chi connectivity index (χ1n) is 11.5. The predicted molar refractivity (Wildman–Crippen MR) is 123 cm³/mol. The van der Waals surface area contributed by atoms with Crippen LogP contribution in [0.15, 0.2) is 59.8 Å². The van der Waals surface area contributed by atoms with Crippen LogP contribution < -0.4 is 0 Å². The number of benzene rings is 2. The molecule has 1 aromatic heterocycles. The van der Waals surface area contributed by atoms with Crippen molar-refractivity contribution in [3.05, 3.63) is 71.8 Å². The van der Waals surface area contributed by atoms with Gasteiger partial charge < -0.3 is 0 Å². The maximum absolute atomic E-state index is 13.2. The first-order chi connectivity index (χ1) is 15.6. The molecule has 4 bridgehead atoms. The summed E-state index contributed by atoms with van der Waals surface area (Å²) < 4.78 is 15.4. The van der Waals surface area contributed by atoms with Crippen LogP contribution >= 0.6 is 11.8 Å². The molecule has 4 saturated carbocycles. The zero-order valence-electron chi connectivity index (χ0n) is 17.9. The highest BCUT2D eigenvalue weighted by Crippen LogP contribution is 2.60. The molecule has 32 heavy (non-hydrogen) atoms. The van der Waals surface area contributed by atoms with E-state index in [9.17, 15) is 9.18 Å². The lowest BCUT2D eigenvalue weighted by molar-refractivity contribution is -0.0103. The molecule has 1 heterocycles. The molecule has 0 aliphatic heterocycles. The van der Waals surface area contributed by atoms with E-state index in [2.05, 4.69) is 21.8 Å². The minimum atomic E-state index is -0.335. The Bertz CT molecular complexity index is 1110. The highest BCUT2D eigenvalue weighted by molar-refractivity contribution is 7.99. The largest absolute Gasteiger partial charge is 0.293 e. The van der Waals surface area contributed by atoms with Crippen LogP contribution in [0, 0.1) is 23.6 Å². The molecule has 0 atom stereocenters. The van der Waals surface area contributed by atoms with Gasteiger partial charge in [0, 0.05) is 16.7 Å². The number of aromatic nitrogens is 3. The summed E-state index contributed by atoms with van der Waals surface area (Å²) in [6.07, 6.45) is 7.78. The van der Waals surface area contributed by atoms with Gasteiger partial charge in [0.25, 0.3) is 0 Å². The normalized spacial score (nSPS) is 28.2. The van der Waals surface area contributed by atoms with Crippen molar-refractivity contribution in [1.82, 2.24) is 14.8 Å². The summed E-state index contributed by atoms with van der Waals surface area (Å²) in [4.78, 5) is 12.7. The van der Waals surface area contributed by atoms with Crippen molar-refractivity contribution in [2.24, 2.45) is 17.8 Å². The fraction of sp³-hybridized carbons (Fsp3) is 0.423. The van der Waals surface area contributed by atoms with Gasteiger partial charge in [-0.1, -0.05) is 30.0 Å². The number of nitrogens with zero attached hydrogens (tertiary/aromatic N) is 3. The molecule has 0 radical (unpaired) electrons. The van der Waals surface area contributed by atoms with E-state index in [1.165, 1.54) is 62.4 Å². The molecule has 6 heteroatoms. The third kappa shape index (κ3) is 3.49. The SMILES string of the molecule is O=C(CSc1nnc(C23CC4CC(CC(C4)C2)C3)n1-c1ccccc1)c1ccc(F)cc1. The second-order valence-corrected chi connectivity index (χ2v) is 10.8. The number of rotatable bonds is 6. The van der Waals surface area contributed by atoms with E-state index < -0.39 is 0 Å². The molecule has 3 aromatic rings. The average molecular weight is 448 g/mol. The van der Waals surface area contributed by atoms with Gasteiger partial charge in [0.15, 0.2) is 10.9 Å². The molecule has 0 spiro atoms. The number of ketones is 1. The van der Waals surface area contributed by atoms with Gasteiger partial charge in [-0.25, -0.2) is 4.39 Å². The van der Waals surface area contributed by atoms with Crippen molar-refractivity contribution < 1.29 is 9.18 Å². The van der Waals surface area contributed by atoms with Gasteiger partial charge in [0.1, 0.15) is 11.6 Å². The van der Waals surface area contributed by atoms with Crippen LogP contribution in [0.1, 0.15) is 54.7 Å². The Balaban J connectivity index is 1.34. The monoisotopic (exact) mass is 447 g/mol. The summed E-state index contributed by atoms with van der Waals surface area (Å²) in [6, 6.07) is 16.0. The Hall–Kier alpha value is -2.47. The van der Waals surface area contributed by atoms with Crippen molar-refractivity contribution >= 4 is 17.5 Å². The minimum absolute atomic E-state index is 0.0334. The van der Waals surface area contributed by atoms with Crippen molar-refractivity contribution in [3.63, 3.8) is 0 Å². The number of hydrogen-bond donors (Lipinski definition) is 0. The van der Waals surface area contributed by atoms with Gasteiger partial charge in [-0.2, -0.15) is 0 Å². The Morgan fingerprint density at radius 1 is 0.938 bits per heavy atom. The molecule has 4 aliphatic carbocycles. The van der Waals surface area contributed by atoms with Crippen molar-refractivity contribution in [2.75, 3.05) is 5.75 Å². The zero-order chi connectivity index (χ0) is 21.7. The smallest absolute Gasteiger partial charge is 0.196 e. The second kappa shape index (κ2) is 7.84. The van der Waals surface area contributed by atoms with Crippen LogP contribution in [-0.4, -0.2) is 26.3 Å². The number of para-hydroxylation sites is 1. The number of halogens is 1. The minimum Gasteiger partial charge on any atom is -0.293 e. The molecule has 164 valence electrons. The number of Topliss-reactive ketones (excluding diaryl/α,β-unsaturated/α-hetero) is 1. The second-order valence-electron chi connectivity index (χ2n) is 9.89. The Kier molecular flexibility index (Phi) is 4.94. The molecule has 4 aliphatic rings. The zero-order valence-corrected chi connectivity index (χ0v) is 18.7. The lowest BCUT2D eigenvalue weighted by atomic mass is 9.49. The number of thioether (sulfide) groups is 1. The first kappa shape index (κ1) is 20.2. The lowest BCUT2D eigenvalue weighted by Crippen LogP contribution is -2.49. The van der Waals surface area contributed by atoms with Gasteiger partial charge in [-0.05, 0) is 92.7 Å². The molecule has 7 rings (SSSR count). The molecular formula is C26H26FN3OS. The van der Waals surface area contributed by atoms with E-state index in [0.29, 0.717) is 5.56 Å². The summed E-state index contributed by atoms with van der Waals surface area (Å²) in [6.45, 7) is 0. The van der Waals surface area contributed by atoms with Gasteiger partial charge in [0.05, 0.1) is 5.75 Å². The highest BCUT2D eigenvalue weighted by Gasteiger charge is 2.54. The van der Waals surface area contributed by atoms with Crippen molar-refractivity contribution in [2.45, 2.75) is 49.1 Å². The average Bonchev–Trinajstić information content (AvgIpc) is 3.23. The maximum Gasteiger partial charge on any atom is 0.196 e. The van der Waals surface area contributed by atoms with E-state index in [1.54, 1.807) is 12.1 Å². The van der Waals surface area contributed by atoms with E-state index in [1.807, 2.05) is 18.2 Å². The number of carbonyl (C=O) groups is 1. The molecular weight excluding hydrogens is 421 g/mol. The van der Waals surface area contributed by atoms with Gasteiger partial charge in [0.2, 0.25) is 0 Å². The van der Waals surface area contributed by atoms with Crippen LogP contribution in [-0.2, 0) is 5.41 Å². The summed E-state index contributed by atoms with van der Waals surface area (Å²) in [7, 11) is 0. The molecule has 0 N–H and O–H groups in total. The first-order valence-corrected chi connectivity index (χ1v) is 12.5. The quantitative estimate of drug-likeness (QED) is 0.351. The Labute approximate surface area is 191 Å². The van der Waals surface area contributed by atoms with Crippen LogP contribution in [0.5, 0.6) is 0 Å². The maximum atomic E-state index is 13.2. The molecule has 4 fully saturated rings. The Morgan fingerprint density at radius 2 is 1.56 bits per heavy atom. The van der Waals surface area contributed by atoms with Crippen molar-refractivity contribution in [3.8, 4) is 5.69 Å². The lowest BCUT2D eigenvalue weighted by Gasteiger charge is -2.56. The van der Waals surface area contributed by atoms with Crippen LogP contribution in [0.25, 0.3) is 5.69 Å². The van der Waals surface area contributed by atoms with Gasteiger partial charge >= 0.3 is 0 Å². The summed E-state index contributed by atoms with van der Waals surface area (Å²) in [5.74, 6) is 3.42. The topological polar surface area (TPSA) is 47.8 Å². The Morgan fingerprint density at radius 3 is 2.19 bits per heavy atom. The van der Waals surface area contributed by atoms with E-state index in [4.69, 9.17) is 5.10 Å². The van der Waals surface area contributed by atoms with Crippen LogP contribution in [0.2, 0.25) is 0 Å². The fourth-order valence-electron chi connectivity index (χ4n) is 6.75. The van der Waals surface area contributed by atoms with E-state index >= 15 is 0 Å². The van der Waals surface area contributed by atoms with Gasteiger partial charge in [-0.3, -0.25) is 9.36 Å². The van der Waals surface area contributed by atoms with Gasteiger partial charge in [-0.15, -0.1) is 10.2 Å². The molecule has 0 unspecified atom stereocenters. The summed E-state index contributed by atoms with van der Waals surface area (Å²) in [5, 5.41) is 10.1. The standard InChI is InChI=1S/C26H26FN3OS/c27-21-8-6-20(7-9-21)23(31)16-32-25-29-28-24(30(25)22-4-2-1-3-5-22)26-13-17-10-18(14-26)12-19(11-17)15-26/h1-9,17-19H,10-16H2. The fourth-order valence-corrected chi connectivity index (χ4v) is 7.60. The molecule has 2 aromatic carbocycles.